The van der Waals surface area contributed by atoms with E-state index in [0.29, 0.717) is 11.1 Å². The molecule has 4 N–H and O–H groups in total. The van der Waals surface area contributed by atoms with E-state index in [-0.39, 0.29) is 0 Å². The summed E-state index contributed by atoms with van der Waals surface area (Å²) >= 11 is 0. The summed E-state index contributed by atoms with van der Waals surface area (Å²) < 4.78 is 0. The average Bonchev–Trinajstić information content (AvgIpc) is 2.84. The first-order valence-corrected chi connectivity index (χ1v) is 17.0. The Balaban J connectivity index is 3.56. The molecule has 36 heavy (non-hydrogen) atoms. The quantitative estimate of drug-likeness (QED) is 0.0941. The number of hydrogen-bond acceptors (Lipinski definition) is 0. The van der Waals surface area contributed by atoms with Gasteiger partial charge in [0.15, 0.2) is 0 Å². The molecule has 0 fully saturated rings. The van der Waals surface area contributed by atoms with Gasteiger partial charge in [-0.15, -0.1) is 0 Å². The van der Waals surface area contributed by atoms with Crippen LogP contribution in [0, 0.1) is 0 Å². The van der Waals surface area contributed by atoms with Gasteiger partial charge >= 0.3 is 0 Å². The second-order valence-corrected chi connectivity index (χ2v) is 13.5. The molecule has 0 heterocycles. The van der Waals surface area contributed by atoms with Crippen LogP contribution in [0.15, 0.2) is 0 Å². The van der Waals surface area contributed by atoms with Crippen LogP contribution >= 0.6 is 0 Å². The third-order valence-corrected chi connectivity index (χ3v) is 8.40. The van der Waals surface area contributed by atoms with Gasteiger partial charge < -0.3 is 10.6 Å². The summed E-state index contributed by atoms with van der Waals surface area (Å²) in [5.41, 5.74) is 0.840. The average molecular weight is 511 g/mol. The molecule has 0 aliphatic rings. The Morgan fingerprint density at radius 1 is 0.333 bits per heavy atom. The molecule has 218 valence electrons. The van der Waals surface area contributed by atoms with Crippen molar-refractivity contribution in [3.05, 3.63) is 0 Å². The minimum Gasteiger partial charge on any atom is -0.342 e. The highest BCUT2D eigenvalue weighted by atomic mass is 15.0. The van der Waals surface area contributed by atoms with Crippen LogP contribution < -0.4 is 10.6 Å². The van der Waals surface area contributed by atoms with E-state index in [9.17, 15) is 0 Å². The molecule has 0 aliphatic heterocycles. The van der Waals surface area contributed by atoms with Crippen molar-refractivity contribution in [3.8, 4) is 0 Å². The van der Waals surface area contributed by atoms with Crippen LogP contribution in [-0.4, -0.2) is 24.2 Å². The Labute approximate surface area is 230 Å². The summed E-state index contributed by atoms with van der Waals surface area (Å²) in [5.74, 6) is 0. The Hall–Kier alpha value is -0.0800. The van der Waals surface area contributed by atoms with Crippen LogP contribution in [0.2, 0.25) is 0 Å². The second-order valence-electron chi connectivity index (χ2n) is 13.5. The van der Waals surface area contributed by atoms with Crippen molar-refractivity contribution >= 4 is 0 Å². The molecule has 2 nitrogen and oxygen atoms in total. The maximum atomic E-state index is 2.64. The van der Waals surface area contributed by atoms with Gasteiger partial charge in [0, 0.05) is 12.8 Å². The fourth-order valence-corrected chi connectivity index (χ4v) is 5.61. The van der Waals surface area contributed by atoms with Crippen LogP contribution in [0.25, 0.3) is 0 Å². The van der Waals surface area contributed by atoms with Gasteiger partial charge in [0.1, 0.15) is 0 Å². The van der Waals surface area contributed by atoms with Crippen molar-refractivity contribution in [1.29, 1.82) is 0 Å². The number of nitrogens with two attached hydrogens (primary N) is 2. The first kappa shape index (κ1) is 35.9. The molecule has 0 amide bonds. The van der Waals surface area contributed by atoms with Crippen LogP contribution in [-0.2, 0) is 0 Å². The molecule has 0 rings (SSSR count). The maximum Gasteiger partial charge on any atom is 0.0904 e. The van der Waals surface area contributed by atoms with E-state index in [1.54, 1.807) is 0 Å². The molecule has 0 aromatic heterocycles. The van der Waals surface area contributed by atoms with Gasteiger partial charge in [-0.1, -0.05) is 117 Å². The number of unbranched alkanes of at least 4 members (excludes halogenated alkanes) is 19. The first-order chi connectivity index (χ1) is 17.3. The molecule has 0 unspecified atom stereocenters. The third kappa shape index (κ3) is 27.0. The summed E-state index contributed by atoms with van der Waals surface area (Å²) in [6.07, 6.45) is 34.3. The van der Waals surface area contributed by atoms with E-state index in [0.717, 1.165) is 0 Å². The Kier molecular flexibility index (Phi) is 25.2. The van der Waals surface area contributed by atoms with E-state index >= 15 is 0 Å². The molecule has 0 radical (unpaired) electrons. The normalized spacial score (nSPS) is 12.5. The summed E-state index contributed by atoms with van der Waals surface area (Å²) in [4.78, 5) is 0. The zero-order valence-corrected chi connectivity index (χ0v) is 26.5. The number of hydrogen-bond donors (Lipinski definition) is 2. The van der Waals surface area contributed by atoms with Gasteiger partial charge in [0.25, 0.3) is 0 Å². The lowest BCUT2D eigenvalue weighted by Gasteiger charge is -2.25. The van der Waals surface area contributed by atoms with Gasteiger partial charge in [0.2, 0.25) is 0 Å². The summed E-state index contributed by atoms with van der Waals surface area (Å²) in [6, 6.07) is 0. The second kappa shape index (κ2) is 25.2. The highest BCUT2D eigenvalue weighted by molar-refractivity contribution is 4.68. The highest BCUT2D eigenvalue weighted by Gasteiger charge is 2.23. The molecule has 0 aromatic rings. The lowest BCUT2D eigenvalue weighted by atomic mass is 9.92. The van der Waals surface area contributed by atoms with Crippen molar-refractivity contribution in [2.75, 3.05) is 13.1 Å². The molecule has 0 saturated heterocycles. The van der Waals surface area contributed by atoms with E-state index < -0.39 is 0 Å². The number of rotatable bonds is 29. The SMILES string of the molecule is CCCCCCCCCCCC[NH2+]C(C)(C)CCCCC(C)(C)[NH2+]CCCCCCCCCCCC. The monoisotopic (exact) mass is 511 g/mol. The molecule has 0 atom stereocenters. The fourth-order valence-electron chi connectivity index (χ4n) is 5.61. The summed E-state index contributed by atoms with van der Waals surface area (Å²) in [7, 11) is 0. The summed E-state index contributed by atoms with van der Waals surface area (Å²) in [6.45, 7) is 17.1. The minimum atomic E-state index is 0.420. The largest absolute Gasteiger partial charge is 0.342 e. The number of quaternary nitrogens is 2. The molecule has 0 aromatic carbocycles. The minimum absolute atomic E-state index is 0.420. The van der Waals surface area contributed by atoms with Gasteiger partial charge in [-0.3, -0.25) is 0 Å². The van der Waals surface area contributed by atoms with E-state index in [4.69, 9.17) is 0 Å². The van der Waals surface area contributed by atoms with Crippen molar-refractivity contribution in [1.82, 2.24) is 0 Å². The van der Waals surface area contributed by atoms with E-state index in [2.05, 4.69) is 52.2 Å². The van der Waals surface area contributed by atoms with Crippen molar-refractivity contribution < 1.29 is 10.6 Å². The van der Waals surface area contributed by atoms with Gasteiger partial charge in [0.05, 0.1) is 24.2 Å². The lowest BCUT2D eigenvalue weighted by molar-refractivity contribution is -0.723. The van der Waals surface area contributed by atoms with Gasteiger partial charge in [-0.05, 0) is 66.2 Å². The topological polar surface area (TPSA) is 33.2 Å². The molecular formula is C34H74N2+2. The van der Waals surface area contributed by atoms with Crippen molar-refractivity contribution in [2.45, 2.75) is 207 Å². The molecule has 2 heteroatoms. The first-order valence-electron chi connectivity index (χ1n) is 17.0. The van der Waals surface area contributed by atoms with E-state index in [1.807, 2.05) is 0 Å². The zero-order valence-electron chi connectivity index (χ0n) is 26.5. The van der Waals surface area contributed by atoms with Crippen molar-refractivity contribution in [2.24, 2.45) is 0 Å². The highest BCUT2D eigenvalue weighted by Crippen LogP contribution is 2.15. The molecule has 0 saturated carbocycles. The smallest absolute Gasteiger partial charge is 0.0904 e. The Morgan fingerprint density at radius 3 is 0.861 bits per heavy atom. The predicted molar refractivity (Wildman–Crippen MR) is 164 cm³/mol. The molecule has 0 aliphatic carbocycles. The van der Waals surface area contributed by atoms with E-state index in [1.165, 1.54) is 167 Å². The van der Waals surface area contributed by atoms with Crippen molar-refractivity contribution in [3.63, 3.8) is 0 Å². The lowest BCUT2D eigenvalue weighted by Crippen LogP contribution is -2.95. The van der Waals surface area contributed by atoms with Gasteiger partial charge in [-0.2, -0.15) is 0 Å². The molecule has 0 spiro atoms. The van der Waals surface area contributed by atoms with Crippen LogP contribution in [0.3, 0.4) is 0 Å². The fraction of sp³-hybridized carbons (Fsp3) is 1.00. The predicted octanol–water partition coefficient (Wildman–Crippen LogP) is 9.07. The van der Waals surface area contributed by atoms with Crippen LogP contribution in [0.1, 0.15) is 196 Å². The third-order valence-electron chi connectivity index (χ3n) is 8.40. The van der Waals surface area contributed by atoms with Crippen LogP contribution in [0.4, 0.5) is 0 Å². The molecular weight excluding hydrogens is 436 g/mol. The van der Waals surface area contributed by atoms with Gasteiger partial charge in [-0.25, -0.2) is 0 Å². The summed E-state index contributed by atoms with van der Waals surface area (Å²) in [5, 5.41) is 5.28. The Bertz CT molecular complexity index is 389. The molecule has 0 bridgehead atoms. The van der Waals surface area contributed by atoms with Crippen LogP contribution in [0.5, 0.6) is 0 Å². The maximum absolute atomic E-state index is 2.64. The standard InChI is InChI=1S/C34H72N2/c1-7-9-11-13-15-17-19-21-23-27-31-35-33(3,4)29-25-26-30-34(5,6)36-32-28-24-22-20-18-16-14-12-10-8-2/h35-36H,7-32H2,1-6H3/p+2. The Morgan fingerprint density at radius 2 is 0.583 bits per heavy atom. The zero-order chi connectivity index (χ0) is 26.8.